The second-order valence-electron chi connectivity index (χ2n) is 5.55. The lowest BCUT2D eigenvalue weighted by Crippen LogP contribution is -2.23. The predicted octanol–water partition coefficient (Wildman–Crippen LogP) is 3.49. The summed E-state index contributed by atoms with van der Waals surface area (Å²) in [7, 11) is 1.64. The van der Waals surface area contributed by atoms with Gasteiger partial charge in [0.2, 0.25) is 0 Å². The Morgan fingerprint density at radius 2 is 2.05 bits per heavy atom. The first-order valence-corrected chi connectivity index (χ1v) is 6.90. The molecule has 4 heteroatoms. The van der Waals surface area contributed by atoms with Gasteiger partial charge in [-0.25, -0.2) is 0 Å². The number of methoxy groups -OCH3 is 1. The zero-order valence-corrected chi connectivity index (χ0v) is 12.5. The Bertz CT molecular complexity index is 426. The van der Waals surface area contributed by atoms with Crippen LogP contribution in [-0.2, 0) is 16.1 Å². The van der Waals surface area contributed by atoms with Gasteiger partial charge in [-0.05, 0) is 44.4 Å². The van der Waals surface area contributed by atoms with Crippen LogP contribution in [0.25, 0.3) is 0 Å². The van der Waals surface area contributed by atoms with Crippen molar-refractivity contribution >= 4 is 5.97 Å². The Hall–Kier alpha value is -1.55. The first kappa shape index (κ1) is 16.5. The highest BCUT2D eigenvalue weighted by atomic mass is 16.5. The molecule has 4 nitrogen and oxygen atoms in total. The molecule has 0 aliphatic heterocycles. The maximum Gasteiger partial charge on any atom is 0.309 e. The molecule has 0 aromatic heterocycles. The number of carboxylic acid groups (broad SMARTS) is 1. The molecule has 0 aliphatic rings. The third-order valence-corrected chi connectivity index (χ3v) is 3.32. The largest absolute Gasteiger partial charge is 0.497 e. The van der Waals surface area contributed by atoms with Gasteiger partial charge in [-0.1, -0.05) is 18.6 Å². The molecule has 1 N–H and O–H groups in total. The number of hydrogen-bond acceptors (Lipinski definition) is 3. The van der Waals surface area contributed by atoms with Gasteiger partial charge in [0.25, 0.3) is 0 Å². The maximum absolute atomic E-state index is 10.9. The normalized spacial score (nSPS) is 11.3. The number of hydrogen-bond donors (Lipinski definition) is 1. The second kappa shape index (κ2) is 7.90. The van der Waals surface area contributed by atoms with E-state index >= 15 is 0 Å². The van der Waals surface area contributed by atoms with Gasteiger partial charge in [0.15, 0.2) is 0 Å². The molecule has 0 aliphatic carbocycles. The van der Waals surface area contributed by atoms with Gasteiger partial charge >= 0.3 is 5.97 Å². The summed E-state index contributed by atoms with van der Waals surface area (Å²) in [4.78, 5) is 10.9. The molecule has 0 spiro atoms. The molecular formula is C16H24O4. The molecule has 0 radical (unpaired) electrons. The van der Waals surface area contributed by atoms with Gasteiger partial charge in [0, 0.05) is 6.61 Å². The molecule has 1 aromatic carbocycles. The van der Waals surface area contributed by atoms with Crippen LogP contribution in [0.1, 0.15) is 38.7 Å². The van der Waals surface area contributed by atoms with Crippen LogP contribution in [0.2, 0.25) is 0 Å². The average molecular weight is 280 g/mol. The molecule has 0 amide bonds. The molecule has 112 valence electrons. The highest BCUT2D eigenvalue weighted by Gasteiger charge is 2.25. The van der Waals surface area contributed by atoms with Crippen molar-refractivity contribution in [1.82, 2.24) is 0 Å². The molecule has 0 saturated heterocycles. The van der Waals surface area contributed by atoms with E-state index in [0.717, 1.165) is 24.2 Å². The Labute approximate surface area is 120 Å². The Morgan fingerprint density at radius 3 is 2.70 bits per heavy atom. The van der Waals surface area contributed by atoms with E-state index in [9.17, 15) is 4.79 Å². The Balaban J connectivity index is 2.17. The number of carboxylic acids is 1. The van der Waals surface area contributed by atoms with Gasteiger partial charge in [0.05, 0.1) is 19.1 Å². The van der Waals surface area contributed by atoms with E-state index in [2.05, 4.69) is 0 Å². The summed E-state index contributed by atoms with van der Waals surface area (Å²) in [6.07, 6.45) is 2.41. The SMILES string of the molecule is COc1cccc(COCCCCC(C)(C)C(=O)O)c1. The summed E-state index contributed by atoms with van der Waals surface area (Å²) in [5.74, 6) is 0.0871. The van der Waals surface area contributed by atoms with E-state index in [1.165, 1.54) is 0 Å². The minimum absolute atomic E-state index is 0.555. The van der Waals surface area contributed by atoms with Crippen molar-refractivity contribution in [2.45, 2.75) is 39.7 Å². The third kappa shape index (κ3) is 5.61. The first-order valence-electron chi connectivity index (χ1n) is 6.90. The minimum atomic E-state index is -0.741. The number of unbranched alkanes of at least 4 members (excludes halogenated alkanes) is 1. The van der Waals surface area contributed by atoms with Crippen molar-refractivity contribution in [1.29, 1.82) is 0 Å². The van der Waals surface area contributed by atoms with Crippen molar-refractivity contribution in [3.8, 4) is 5.75 Å². The smallest absolute Gasteiger partial charge is 0.309 e. The van der Waals surface area contributed by atoms with Gasteiger partial charge in [-0.3, -0.25) is 4.79 Å². The fourth-order valence-electron chi connectivity index (χ4n) is 1.83. The second-order valence-corrected chi connectivity index (χ2v) is 5.55. The molecule has 0 bridgehead atoms. The fraction of sp³-hybridized carbons (Fsp3) is 0.562. The fourth-order valence-corrected chi connectivity index (χ4v) is 1.83. The van der Waals surface area contributed by atoms with Crippen LogP contribution in [0.5, 0.6) is 5.75 Å². The van der Waals surface area contributed by atoms with E-state index in [-0.39, 0.29) is 0 Å². The summed E-state index contributed by atoms with van der Waals surface area (Å²) >= 11 is 0. The van der Waals surface area contributed by atoms with E-state index in [4.69, 9.17) is 14.6 Å². The molecule has 0 fully saturated rings. The summed E-state index contributed by atoms with van der Waals surface area (Å²) in [6.45, 7) is 4.71. The highest BCUT2D eigenvalue weighted by molar-refractivity contribution is 5.73. The molecule has 20 heavy (non-hydrogen) atoms. The molecule has 0 atom stereocenters. The van der Waals surface area contributed by atoms with E-state index < -0.39 is 11.4 Å². The van der Waals surface area contributed by atoms with E-state index in [1.54, 1.807) is 21.0 Å². The number of aliphatic carboxylic acids is 1. The van der Waals surface area contributed by atoms with Gasteiger partial charge in [0.1, 0.15) is 5.75 Å². The summed E-state index contributed by atoms with van der Waals surface area (Å²) in [6, 6.07) is 7.79. The highest BCUT2D eigenvalue weighted by Crippen LogP contribution is 2.23. The van der Waals surface area contributed by atoms with Crippen LogP contribution in [0.3, 0.4) is 0 Å². The van der Waals surface area contributed by atoms with E-state index in [0.29, 0.717) is 19.6 Å². The molecule has 0 saturated carbocycles. The maximum atomic E-state index is 10.9. The monoisotopic (exact) mass is 280 g/mol. The molecule has 0 heterocycles. The molecule has 1 aromatic rings. The standard InChI is InChI=1S/C16H24O4/c1-16(2,15(17)18)9-4-5-10-20-12-13-7-6-8-14(11-13)19-3/h6-8,11H,4-5,9-10,12H2,1-3H3,(H,17,18). The van der Waals surface area contributed by atoms with Gasteiger partial charge in [-0.2, -0.15) is 0 Å². The molecular weight excluding hydrogens is 256 g/mol. The third-order valence-electron chi connectivity index (χ3n) is 3.32. The first-order chi connectivity index (χ1) is 9.45. The van der Waals surface area contributed by atoms with Crippen molar-refractivity contribution < 1.29 is 19.4 Å². The molecule has 1 rings (SSSR count). The zero-order chi connectivity index (χ0) is 15.0. The molecule has 0 unspecified atom stereocenters. The van der Waals surface area contributed by atoms with Crippen LogP contribution in [0, 0.1) is 5.41 Å². The van der Waals surface area contributed by atoms with Gasteiger partial charge < -0.3 is 14.6 Å². The summed E-state index contributed by atoms with van der Waals surface area (Å²) in [5.41, 5.74) is 0.433. The van der Waals surface area contributed by atoms with Crippen molar-refractivity contribution in [2.24, 2.45) is 5.41 Å². The van der Waals surface area contributed by atoms with Gasteiger partial charge in [-0.15, -0.1) is 0 Å². The van der Waals surface area contributed by atoms with Crippen molar-refractivity contribution in [2.75, 3.05) is 13.7 Å². The number of ether oxygens (including phenoxy) is 2. The quantitative estimate of drug-likeness (QED) is 0.703. The zero-order valence-electron chi connectivity index (χ0n) is 12.5. The van der Waals surface area contributed by atoms with Crippen LogP contribution < -0.4 is 4.74 Å². The Morgan fingerprint density at radius 1 is 1.30 bits per heavy atom. The van der Waals surface area contributed by atoms with Crippen LogP contribution in [-0.4, -0.2) is 24.8 Å². The lowest BCUT2D eigenvalue weighted by atomic mass is 9.87. The summed E-state index contributed by atoms with van der Waals surface area (Å²) in [5, 5.41) is 9.00. The lowest BCUT2D eigenvalue weighted by molar-refractivity contribution is -0.147. The van der Waals surface area contributed by atoms with Crippen molar-refractivity contribution in [3.05, 3.63) is 29.8 Å². The summed E-state index contributed by atoms with van der Waals surface area (Å²) < 4.78 is 10.7. The van der Waals surface area contributed by atoms with Crippen LogP contribution >= 0.6 is 0 Å². The number of rotatable bonds is 9. The predicted molar refractivity (Wildman–Crippen MR) is 77.9 cm³/mol. The number of carbonyl (C=O) groups is 1. The minimum Gasteiger partial charge on any atom is -0.497 e. The van der Waals surface area contributed by atoms with Crippen molar-refractivity contribution in [3.63, 3.8) is 0 Å². The topological polar surface area (TPSA) is 55.8 Å². The average Bonchev–Trinajstić information content (AvgIpc) is 2.42. The Kier molecular flexibility index (Phi) is 6.52. The number of benzene rings is 1. The van der Waals surface area contributed by atoms with Crippen LogP contribution in [0.15, 0.2) is 24.3 Å². The van der Waals surface area contributed by atoms with E-state index in [1.807, 2.05) is 24.3 Å². The van der Waals surface area contributed by atoms with Crippen LogP contribution in [0.4, 0.5) is 0 Å². The lowest BCUT2D eigenvalue weighted by Gasteiger charge is -2.18.